The van der Waals surface area contributed by atoms with E-state index < -0.39 is 0 Å². The van der Waals surface area contributed by atoms with Gasteiger partial charge in [0.25, 0.3) is 0 Å². The number of hydrogen-bond acceptors (Lipinski definition) is 1. The molecule has 0 aliphatic heterocycles. The highest BCUT2D eigenvalue weighted by Gasteiger charge is 2.23. The third kappa shape index (κ3) is 5.43. The molecule has 1 heteroatoms. The summed E-state index contributed by atoms with van der Waals surface area (Å²) in [6, 6.07) is 0. The Bertz CT molecular complexity index is 149. The SMILES string of the molecule is C=CC(C)(C)C(O)CCCCCCC. The average Bonchev–Trinajstić information content (AvgIpc) is 2.17. The van der Waals surface area contributed by atoms with Crippen molar-refractivity contribution in [3.63, 3.8) is 0 Å². The minimum Gasteiger partial charge on any atom is -0.392 e. The average molecular weight is 198 g/mol. The van der Waals surface area contributed by atoms with Crippen molar-refractivity contribution in [1.29, 1.82) is 0 Å². The van der Waals surface area contributed by atoms with Crippen LogP contribution < -0.4 is 0 Å². The Balaban J connectivity index is 3.53. The van der Waals surface area contributed by atoms with Gasteiger partial charge in [-0.15, -0.1) is 6.58 Å². The van der Waals surface area contributed by atoms with Crippen molar-refractivity contribution in [3.05, 3.63) is 12.7 Å². The number of rotatable bonds is 8. The Morgan fingerprint density at radius 2 is 1.79 bits per heavy atom. The molecule has 1 nitrogen and oxygen atoms in total. The molecule has 1 N–H and O–H groups in total. The van der Waals surface area contributed by atoms with Crippen LogP contribution in [0.25, 0.3) is 0 Å². The zero-order valence-corrected chi connectivity index (χ0v) is 10.1. The summed E-state index contributed by atoms with van der Waals surface area (Å²) in [6.07, 6.45) is 8.81. The van der Waals surface area contributed by atoms with Crippen molar-refractivity contribution in [2.24, 2.45) is 5.41 Å². The first-order valence-electron chi connectivity index (χ1n) is 5.86. The van der Waals surface area contributed by atoms with Gasteiger partial charge in [-0.2, -0.15) is 0 Å². The van der Waals surface area contributed by atoms with Gasteiger partial charge in [-0.3, -0.25) is 0 Å². The molecule has 84 valence electrons. The molecule has 14 heavy (non-hydrogen) atoms. The van der Waals surface area contributed by atoms with Gasteiger partial charge in [0.05, 0.1) is 6.10 Å². The Labute approximate surface area is 89.2 Å². The van der Waals surface area contributed by atoms with Gasteiger partial charge in [0.2, 0.25) is 0 Å². The lowest BCUT2D eigenvalue weighted by atomic mass is 9.84. The summed E-state index contributed by atoms with van der Waals surface area (Å²) in [5.41, 5.74) is -0.134. The summed E-state index contributed by atoms with van der Waals surface area (Å²) in [6.45, 7) is 10.0. The highest BCUT2D eigenvalue weighted by molar-refractivity contribution is 4.92. The van der Waals surface area contributed by atoms with Crippen LogP contribution in [0.5, 0.6) is 0 Å². The summed E-state index contributed by atoms with van der Waals surface area (Å²) in [4.78, 5) is 0. The topological polar surface area (TPSA) is 20.2 Å². The molecule has 0 aromatic carbocycles. The van der Waals surface area contributed by atoms with E-state index in [1.165, 1.54) is 25.7 Å². The van der Waals surface area contributed by atoms with Crippen molar-refractivity contribution >= 4 is 0 Å². The van der Waals surface area contributed by atoms with Crippen LogP contribution >= 0.6 is 0 Å². The van der Waals surface area contributed by atoms with Crippen LogP contribution in [-0.2, 0) is 0 Å². The van der Waals surface area contributed by atoms with Crippen LogP contribution in [0.15, 0.2) is 12.7 Å². The maximum absolute atomic E-state index is 9.86. The normalized spacial score (nSPS) is 14.0. The third-order valence-electron chi connectivity index (χ3n) is 2.97. The first-order valence-corrected chi connectivity index (χ1v) is 5.86. The molecule has 0 radical (unpaired) electrons. The van der Waals surface area contributed by atoms with Crippen LogP contribution in [-0.4, -0.2) is 11.2 Å². The summed E-state index contributed by atoms with van der Waals surface area (Å²) < 4.78 is 0. The fraction of sp³-hybridized carbons (Fsp3) is 0.846. The molecule has 0 bridgehead atoms. The molecule has 0 saturated heterocycles. The number of unbranched alkanes of at least 4 members (excludes halogenated alkanes) is 4. The molecule has 0 aliphatic rings. The molecule has 1 unspecified atom stereocenters. The fourth-order valence-electron chi connectivity index (χ4n) is 1.45. The molecule has 0 spiro atoms. The molecule has 0 aliphatic carbocycles. The van der Waals surface area contributed by atoms with E-state index in [9.17, 15) is 5.11 Å². The number of aliphatic hydroxyl groups is 1. The first kappa shape index (κ1) is 13.7. The Hall–Kier alpha value is -0.300. The lowest BCUT2D eigenvalue weighted by Gasteiger charge is -2.26. The van der Waals surface area contributed by atoms with Crippen molar-refractivity contribution in [3.8, 4) is 0 Å². The Kier molecular flexibility index (Phi) is 6.90. The summed E-state index contributed by atoms with van der Waals surface area (Å²) >= 11 is 0. The van der Waals surface area contributed by atoms with Crippen LogP contribution in [0.2, 0.25) is 0 Å². The van der Waals surface area contributed by atoms with Gasteiger partial charge < -0.3 is 5.11 Å². The molecular weight excluding hydrogens is 172 g/mol. The van der Waals surface area contributed by atoms with Gasteiger partial charge in [-0.05, 0) is 6.42 Å². The summed E-state index contributed by atoms with van der Waals surface area (Å²) in [5, 5.41) is 9.86. The van der Waals surface area contributed by atoms with Crippen LogP contribution in [0.1, 0.15) is 59.3 Å². The van der Waals surface area contributed by atoms with E-state index in [0.717, 1.165) is 12.8 Å². The van der Waals surface area contributed by atoms with Gasteiger partial charge in [0.15, 0.2) is 0 Å². The van der Waals surface area contributed by atoms with Crippen LogP contribution in [0.3, 0.4) is 0 Å². The van der Waals surface area contributed by atoms with E-state index >= 15 is 0 Å². The number of hydrogen-bond donors (Lipinski definition) is 1. The smallest absolute Gasteiger partial charge is 0.0625 e. The highest BCUT2D eigenvalue weighted by Crippen LogP contribution is 2.25. The van der Waals surface area contributed by atoms with E-state index in [1.807, 2.05) is 19.9 Å². The molecule has 1 atom stereocenters. The van der Waals surface area contributed by atoms with E-state index in [4.69, 9.17) is 0 Å². The van der Waals surface area contributed by atoms with Gasteiger partial charge in [0, 0.05) is 5.41 Å². The summed E-state index contributed by atoms with van der Waals surface area (Å²) in [5.74, 6) is 0. The number of aliphatic hydroxyl groups excluding tert-OH is 1. The highest BCUT2D eigenvalue weighted by atomic mass is 16.3. The van der Waals surface area contributed by atoms with Gasteiger partial charge in [-0.25, -0.2) is 0 Å². The zero-order chi connectivity index (χ0) is 11.0. The second-order valence-electron chi connectivity index (χ2n) is 4.74. The molecule has 0 aromatic heterocycles. The second kappa shape index (κ2) is 7.05. The molecule has 0 heterocycles. The predicted octanol–water partition coefficient (Wildman–Crippen LogP) is 3.92. The van der Waals surface area contributed by atoms with E-state index in [2.05, 4.69) is 13.5 Å². The second-order valence-corrected chi connectivity index (χ2v) is 4.74. The zero-order valence-electron chi connectivity index (χ0n) is 10.1. The van der Waals surface area contributed by atoms with Crippen LogP contribution in [0.4, 0.5) is 0 Å². The maximum atomic E-state index is 9.86. The lowest BCUT2D eigenvalue weighted by molar-refractivity contribution is 0.0715. The minimum atomic E-state index is -0.235. The van der Waals surface area contributed by atoms with Gasteiger partial charge in [0.1, 0.15) is 0 Å². The molecular formula is C13H26O. The molecule has 0 amide bonds. The largest absolute Gasteiger partial charge is 0.392 e. The Morgan fingerprint density at radius 1 is 1.21 bits per heavy atom. The van der Waals surface area contributed by atoms with E-state index in [1.54, 1.807) is 0 Å². The van der Waals surface area contributed by atoms with Crippen molar-refractivity contribution < 1.29 is 5.11 Å². The van der Waals surface area contributed by atoms with Crippen molar-refractivity contribution in [2.45, 2.75) is 65.4 Å². The predicted molar refractivity (Wildman–Crippen MR) is 63.4 cm³/mol. The Morgan fingerprint density at radius 3 is 2.29 bits per heavy atom. The van der Waals surface area contributed by atoms with E-state index in [0.29, 0.717) is 0 Å². The molecule has 0 aromatic rings. The minimum absolute atomic E-state index is 0.134. The monoisotopic (exact) mass is 198 g/mol. The van der Waals surface area contributed by atoms with Crippen molar-refractivity contribution in [1.82, 2.24) is 0 Å². The van der Waals surface area contributed by atoms with Crippen molar-refractivity contribution in [2.75, 3.05) is 0 Å². The standard InChI is InChI=1S/C13H26O/c1-5-7-8-9-10-11-12(14)13(3,4)6-2/h6,12,14H,2,5,7-11H2,1,3-4H3. The summed E-state index contributed by atoms with van der Waals surface area (Å²) in [7, 11) is 0. The third-order valence-corrected chi connectivity index (χ3v) is 2.97. The maximum Gasteiger partial charge on any atom is 0.0625 e. The lowest BCUT2D eigenvalue weighted by Crippen LogP contribution is -2.26. The quantitative estimate of drug-likeness (QED) is 0.463. The van der Waals surface area contributed by atoms with Gasteiger partial charge in [-0.1, -0.05) is 59.0 Å². The first-order chi connectivity index (χ1) is 6.54. The van der Waals surface area contributed by atoms with E-state index in [-0.39, 0.29) is 11.5 Å². The molecule has 0 saturated carbocycles. The fourth-order valence-corrected chi connectivity index (χ4v) is 1.45. The van der Waals surface area contributed by atoms with Gasteiger partial charge >= 0.3 is 0 Å². The van der Waals surface area contributed by atoms with Crippen LogP contribution in [0, 0.1) is 5.41 Å². The molecule has 0 fully saturated rings. The molecule has 0 rings (SSSR count).